The van der Waals surface area contributed by atoms with Crippen LogP contribution in [0.25, 0.3) is 0 Å². The van der Waals surface area contributed by atoms with Gasteiger partial charge in [-0.15, -0.1) is 0 Å². The maximum absolute atomic E-state index is 12.3. The third-order valence-electron chi connectivity index (χ3n) is 3.19. The van der Waals surface area contributed by atoms with E-state index in [1.807, 2.05) is 45.0 Å². The first-order valence-electron chi connectivity index (χ1n) is 7.17. The molecule has 0 aliphatic heterocycles. The lowest BCUT2D eigenvalue weighted by molar-refractivity contribution is -0.116. The topological polar surface area (TPSA) is 34.1 Å². The summed E-state index contributed by atoms with van der Waals surface area (Å²) in [5, 5.41) is 1.63. The molecule has 0 fully saturated rings. The lowest BCUT2D eigenvalue weighted by Gasteiger charge is -2.10. The molecular weight excluding hydrogens is 268 g/mol. The van der Waals surface area contributed by atoms with Gasteiger partial charge in [-0.25, -0.2) is 4.21 Å². The van der Waals surface area contributed by atoms with Crippen molar-refractivity contribution in [3.63, 3.8) is 0 Å². The molecule has 0 aliphatic carbocycles. The highest BCUT2D eigenvalue weighted by Gasteiger charge is 2.14. The molecular formula is C17H24O2S. The summed E-state index contributed by atoms with van der Waals surface area (Å²) in [5.41, 5.74) is 1.83. The number of rotatable bonds is 7. The molecule has 20 heavy (non-hydrogen) atoms. The van der Waals surface area contributed by atoms with Gasteiger partial charge in [-0.3, -0.25) is 4.79 Å². The van der Waals surface area contributed by atoms with E-state index in [0.29, 0.717) is 12.0 Å². The van der Waals surface area contributed by atoms with E-state index in [2.05, 4.69) is 6.92 Å². The van der Waals surface area contributed by atoms with Crippen LogP contribution in [0.5, 0.6) is 0 Å². The fraction of sp³-hybridized carbons (Fsp3) is 0.471. The van der Waals surface area contributed by atoms with Crippen LogP contribution in [0.2, 0.25) is 0 Å². The summed E-state index contributed by atoms with van der Waals surface area (Å²) in [6.45, 7) is 8.01. The summed E-state index contributed by atoms with van der Waals surface area (Å²) >= 11 is 0. The number of aryl methyl sites for hydroxylation is 1. The number of carbonyl (C=O) groups excluding carboxylic acids is 1. The quantitative estimate of drug-likeness (QED) is 0.698. The van der Waals surface area contributed by atoms with Crippen LogP contribution in [0.1, 0.15) is 45.6 Å². The standard InChI is InChI=1S/C17H24O2S/c1-5-6-7-17(18)16(13(2)3)12-20(19)15-10-8-14(4)9-11-15/h8-13H,5-7H2,1-4H3/b16-12-/t20-/m1/s1. The molecule has 0 N–H and O–H groups in total. The number of allylic oxidation sites excluding steroid dienone is 1. The Kier molecular flexibility index (Phi) is 6.86. The van der Waals surface area contributed by atoms with Crippen LogP contribution in [0.3, 0.4) is 0 Å². The second kappa shape index (κ2) is 8.15. The van der Waals surface area contributed by atoms with E-state index in [-0.39, 0.29) is 11.7 Å². The van der Waals surface area contributed by atoms with Gasteiger partial charge in [0.15, 0.2) is 5.78 Å². The SMILES string of the molecule is CCCCC(=O)/C(=C\[S@@](=O)c1ccc(C)cc1)C(C)C. The molecule has 1 rings (SSSR count). The highest BCUT2D eigenvalue weighted by Crippen LogP contribution is 2.18. The van der Waals surface area contributed by atoms with Crippen molar-refractivity contribution >= 4 is 16.6 Å². The van der Waals surface area contributed by atoms with Gasteiger partial charge in [0.1, 0.15) is 0 Å². The van der Waals surface area contributed by atoms with Crippen molar-refractivity contribution in [1.29, 1.82) is 0 Å². The van der Waals surface area contributed by atoms with Crippen LogP contribution < -0.4 is 0 Å². The molecule has 0 spiro atoms. The summed E-state index contributed by atoms with van der Waals surface area (Å²) in [7, 11) is -1.25. The van der Waals surface area contributed by atoms with E-state index >= 15 is 0 Å². The third-order valence-corrected chi connectivity index (χ3v) is 4.39. The van der Waals surface area contributed by atoms with Gasteiger partial charge in [0.05, 0.1) is 10.8 Å². The van der Waals surface area contributed by atoms with Gasteiger partial charge in [0.25, 0.3) is 0 Å². The van der Waals surface area contributed by atoms with Crippen molar-refractivity contribution in [2.24, 2.45) is 5.92 Å². The second-order valence-corrected chi connectivity index (χ2v) is 6.67. The first kappa shape index (κ1) is 16.8. The lowest BCUT2D eigenvalue weighted by atomic mass is 9.98. The Morgan fingerprint density at radius 2 is 1.85 bits per heavy atom. The molecule has 0 saturated heterocycles. The molecule has 3 heteroatoms. The van der Waals surface area contributed by atoms with Crippen molar-refractivity contribution in [1.82, 2.24) is 0 Å². The van der Waals surface area contributed by atoms with Crippen molar-refractivity contribution in [2.45, 2.75) is 51.9 Å². The lowest BCUT2D eigenvalue weighted by Crippen LogP contribution is -2.09. The molecule has 0 radical (unpaired) electrons. The summed E-state index contributed by atoms with van der Waals surface area (Å²) < 4.78 is 12.3. The Labute approximate surface area is 124 Å². The number of Topliss-reactive ketones (excluding diaryl/α,β-unsaturated/α-hetero) is 1. The van der Waals surface area contributed by atoms with Crippen LogP contribution in [-0.2, 0) is 15.6 Å². The van der Waals surface area contributed by atoms with E-state index in [1.54, 1.807) is 5.41 Å². The van der Waals surface area contributed by atoms with E-state index in [4.69, 9.17) is 0 Å². The molecule has 0 bridgehead atoms. The van der Waals surface area contributed by atoms with Gasteiger partial charge >= 0.3 is 0 Å². The van der Waals surface area contributed by atoms with Gasteiger partial charge in [0, 0.05) is 22.3 Å². The normalized spacial score (nSPS) is 13.6. The Hall–Kier alpha value is -1.22. The highest BCUT2D eigenvalue weighted by molar-refractivity contribution is 7.88. The van der Waals surface area contributed by atoms with E-state index in [0.717, 1.165) is 23.3 Å². The van der Waals surface area contributed by atoms with Crippen molar-refractivity contribution in [3.05, 3.63) is 40.8 Å². The van der Waals surface area contributed by atoms with Crippen LogP contribution in [0.4, 0.5) is 0 Å². The molecule has 1 aromatic carbocycles. The summed E-state index contributed by atoms with van der Waals surface area (Å²) in [4.78, 5) is 12.9. The first-order valence-corrected chi connectivity index (χ1v) is 8.39. The molecule has 0 heterocycles. The number of hydrogen-bond donors (Lipinski definition) is 0. The van der Waals surface area contributed by atoms with Crippen LogP contribution in [-0.4, -0.2) is 9.99 Å². The molecule has 110 valence electrons. The van der Waals surface area contributed by atoms with Gasteiger partial charge < -0.3 is 0 Å². The molecule has 1 aromatic rings. The van der Waals surface area contributed by atoms with Crippen LogP contribution >= 0.6 is 0 Å². The monoisotopic (exact) mass is 292 g/mol. The average Bonchev–Trinajstić information content (AvgIpc) is 2.42. The Bertz CT molecular complexity index is 498. The highest BCUT2D eigenvalue weighted by atomic mass is 32.2. The zero-order valence-electron chi connectivity index (χ0n) is 12.8. The number of ketones is 1. The zero-order chi connectivity index (χ0) is 15.1. The summed E-state index contributed by atoms with van der Waals surface area (Å²) in [6, 6.07) is 7.59. The third kappa shape index (κ3) is 5.04. The van der Waals surface area contributed by atoms with Crippen molar-refractivity contribution in [3.8, 4) is 0 Å². The second-order valence-electron chi connectivity index (χ2n) is 5.37. The van der Waals surface area contributed by atoms with Gasteiger partial charge in [-0.2, -0.15) is 0 Å². The Morgan fingerprint density at radius 1 is 1.25 bits per heavy atom. The van der Waals surface area contributed by atoms with E-state index < -0.39 is 10.8 Å². The number of benzene rings is 1. The van der Waals surface area contributed by atoms with Gasteiger partial charge in [0.2, 0.25) is 0 Å². The van der Waals surface area contributed by atoms with Gasteiger partial charge in [-0.1, -0.05) is 44.9 Å². The molecule has 0 amide bonds. The fourth-order valence-electron chi connectivity index (χ4n) is 1.86. The molecule has 0 saturated carbocycles. The van der Waals surface area contributed by atoms with Crippen LogP contribution in [0.15, 0.2) is 40.1 Å². The Balaban J connectivity index is 2.93. The van der Waals surface area contributed by atoms with Crippen molar-refractivity contribution < 1.29 is 9.00 Å². The molecule has 0 aliphatic rings. The Morgan fingerprint density at radius 3 is 2.35 bits per heavy atom. The maximum Gasteiger partial charge on any atom is 0.159 e. The number of hydrogen-bond acceptors (Lipinski definition) is 2. The smallest absolute Gasteiger partial charge is 0.159 e. The molecule has 2 nitrogen and oxygen atoms in total. The zero-order valence-corrected chi connectivity index (χ0v) is 13.6. The van der Waals surface area contributed by atoms with Gasteiger partial charge in [-0.05, 0) is 31.4 Å². The molecule has 0 aromatic heterocycles. The minimum Gasteiger partial charge on any atom is -0.295 e. The average molecular weight is 292 g/mol. The summed E-state index contributed by atoms with van der Waals surface area (Å²) in [5.74, 6) is 0.232. The predicted molar refractivity (Wildman–Crippen MR) is 85.0 cm³/mol. The number of unbranched alkanes of at least 4 members (excludes halogenated alkanes) is 1. The largest absolute Gasteiger partial charge is 0.295 e. The minimum atomic E-state index is -1.25. The predicted octanol–water partition coefficient (Wildman–Crippen LogP) is 4.40. The fourth-order valence-corrected chi connectivity index (χ4v) is 3.04. The summed E-state index contributed by atoms with van der Waals surface area (Å²) in [6.07, 6.45) is 2.43. The van der Waals surface area contributed by atoms with Crippen molar-refractivity contribution in [2.75, 3.05) is 0 Å². The number of carbonyl (C=O) groups is 1. The first-order chi connectivity index (χ1) is 9.45. The molecule has 1 atom stereocenters. The van der Waals surface area contributed by atoms with E-state index in [1.165, 1.54) is 0 Å². The molecule has 0 unspecified atom stereocenters. The maximum atomic E-state index is 12.3. The van der Waals surface area contributed by atoms with E-state index in [9.17, 15) is 9.00 Å². The minimum absolute atomic E-state index is 0.105. The van der Waals surface area contributed by atoms with Crippen LogP contribution in [0, 0.1) is 12.8 Å².